The Morgan fingerprint density at radius 1 is 1.22 bits per heavy atom. The molecule has 0 saturated heterocycles. The Morgan fingerprint density at radius 3 is 2.70 bits per heavy atom. The van der Waals surface area contributed by atoms with Crippen LogP contribution in [0.5, 0.6) is 0 Å². The van der Waals surface area contributed by atoms with Crippen LogP contribution in [0, 0.1) is 5.82 Å². The molecule has 116 valence electrons. The van der Waals surface area contributed by atoms with Crippen LogP contribution in [0.1, 0.15) is 0 Å². The van der Waals surface area contributed by atoms with Crippen LogP contribution in [0.2, 0.25) is 0 Å². The standard InChI is InChI=1S/C16H13FN4OS/c17-12-1-4-14(5-2-12)23-10-16(22)20-13-3-6-15(19-9-13)21-8-7-18-11-21/h1-9,11H,10H2,(H,20,22). The summed E-state index contributed by atoms with van der Waals surface area (Å²) in [5, 5.41) is 2.77. The summed E-state index contributed by atoms with van der Waals surface area (Å²) >= 11 is 1.35. The second-order valence-corrected chi connectivity index (χ2v) is 5.71. The molecule has 2 heterocycles. The Labute approximate surface area is 136 Å². The van der Waals surface area contributed by atoms with Gasteiger partial charge in [-0.1, -0.05) is 0 Å². The smallest absolute Gasteiger partial charge is 0.234 e. The van der Waals surface area contributed by atoms with Crippen molar-refractivity contribution in [2.45, 2.75) is 4.90 Å². The molecule has 23 heavy (non-hydrogen) atoms. The number of carbonyl (C=O) groups excluding carboxylic acids is 1. The Hall–Kier alpha value is -2.67. The number of hydrogen-bond acceptors (Lipinski definition) is 4. The largest absolute Gasteiger partial charge is 0.324 e. The minimum absolute atomic E-state index is 0.142. The minimum Gasteiger partial charge on any atom is -0.324 e. The molecule has 0 atom stereocenters. The summed E-state index contributed by atoms with van der Waals surface area (Å²) in [4.78, 5) is 21.0. The van der Waals surface area contributed by atoms with Gasteiger partial charge in [-0.2, -0.15) is 0 Å². The highest BCUT2D eigenvalue weighted by atomic mass is 32.2. The number of anilines is 1. The molecule has 1 amide bonds. The van der Waals surface area contributed by atoms with Gasteiger partial charge in [-0.3, -0.25) is 9.36 Å². The zero-order valence-corrected chi connectivity index (χ0v) is 12.8. The predicted molar refractivity (Wildman–Crippen MR) is 87.1 cm³/mol. The Kier molecular flexibility index (Phi) is 4.68. The van der Waals surface area contributed by atoms with Crippen molar-refractivity contribution in [2.24, 2.45) is 0 Å². The minimum atomic E-state index is -0.289. The zero-order chi connectivity index (χ0) is 16.1. The van der Waals surface area contributed by atoms with Gasteiger partial charge in [0, 0.05) is 17.3 Å². The molecule has 0 fully saturated rings. The van der Waals surface area contributed by atoms with Gasteiger partial charge >= 0.3 is 0 Å². The van der Waals surface area contributed by atoms with Gasteiger partial charge < -0.3 is 5.32 Å². The summed E-state index contributed by atoms with van der Waals surface area (Å²) in [6, 6.07) is 9.62. The normalized spacial score (nSPS) is 10.5. The fourth-order valence-electron chi connectivity index (χ4n) is 1.88. The summed E-state index contributed by atoms with van der Waals surface area (Å²) in [6.07, 6.45) is 6.71. The van der Waals surface area contributed by atoms with Crippen LogP contribution in [-0.4, -0.2) is 26.2 Å². The van der Waals surface area contributed by atoms with Crippen molar-refractivity contribution in [3.05, 3.63) is 67.1 Å². The first-order chi connectivity index (χ1) is 11.2. The highest BCUT2D eigenvalue weighted by Crippen LogP contribution is 2.18. The van der Waals surface area contributed by atoms with Crippen molar-refractivity contribution >= 4 is 23.4 Å². The Bertz CT molecular complexity index is 773. The second kappa shape index (κ2) is 7.06. The van der Waals surface area contributed by atoms with Crippen LogP contribution in [0.15, 0.2) is 66.2 Å². The number of imidazole rings is 1. The first-order valence-electron chi connectivity index (χ1n) is 6.83. The topological polar surface area (TPSA) is 59.8 Å². The number of rotatable bonds is 5. The molecule has 0 aliphatic rings. The van der Waals surface area contributed by atoms with Crippen molar-refractivity contribution < 1.29 is 9.18 Å². The first-order valence-corrected chi connectivity index (χ1v) is 7.82. The van der Waals surface area contributed by atoms with Gasteiger partial charge in [0.1, 0.15) is 18.0 Å². The molecule has 3 aromatic rings. The number of pyridine rings is 1. The highest BCUT2D eigenvalue weighted by Gasteiger charge is 2.05. The molecule has 2 aromatic heterocycles. The third-order valence-corrected chi connectivity index (χ3v) is 4.00. The van der Waals surface area contributed by atoms with E-state index in [4.69, 9.17) is 0 Å². The van der Waals surface area contributed by atoms with Crippen LogP contribution in [0.4, 0.5) is 10.1 Å². The van der Waals surface area contributed by atoms with Crippen molar-refractivity contribution in [1.29, 1.82) is 0 Å². The SMILES string of the molecule is O=C(CSc1ccc(F)cc1)Nc1ccc(-n2ccnc2)nc1. The van der Waals surface area contributed by atoms with Gasteiger partial charge in [0.05, 0.1) is 17.6 Å². The van der Waals surface area contributed by atoms with Crippen LogP contribution >= 0.6 is 11.8 Å². The van der Waals surface area contributed by atoms with E-state index in [-0.39, 0.29) is 17.5 Å². The molecule has 0 bridgehead atoms. The lowest BCUT2D eigenvalue weighted by molar-refractivity contribution is -0.113. The maximum atomic E-state index is 12.8. The summed E-state index contributed by atoms with van der Waals surface area (Å²) < 4.78 is 14.6. The van der Waals surface area contributed by atoms with E-state index >= 15 is 0 Å². The van der Waals surface area contributed by atoms with E-state index in [2.05, 4.69) is 15.3 Å². The Balaban J connectivity index is 1.54. The number of halogens is 1. The van der Waals surface area contributed by atoms with Crippen LogP contribution < -0.4 is 5.32 Å². The fraction of sp³-hybridized carbons (Fsp3) is 0.0625. The maximum absolute atomic E-state index is 12.8. The molecular weight excluding hydrogens is 315 g/mol. The van der Waals surface area contributed by atoms with Crippen molar-refractivity contribution in [2.75, 3.05) is 11.1 Å². The van der Waals surface area contributed by atoms with E-state index in [0.717, 1.165) is 10.7 Å². The van der Waals surface area contributed by atoms with E-state index in [1.807, 2.05) is 0 Å². The molecule has 0 aliphatic carbocycles. The number of nitrogens with one attached hydrogen (secondary N) is 1. The quantitative estimate of drug-likeness (QED) is 0.731. The number of nitrogens with zero attached hydrogens (tertiary/aromatic N) is 3. The van der Waals surface area contributed by atoms with Crippen molar-refractivity contribution in [3.63, 3.8) is 0 Å². The summed E-state index contributed by atoms with van der Waals surface area (Å²) in [5.41, 5.74) is 0.624. The molecule has 0 spiro atoms. The summed E-state index contributed by atoms with van der Waals surface area (Å²) in [6.45, 7) is 0. The molecule has 7 heteroatoms. The van der Waals surface area contributed by atoms with Gasteiger partial charge in [0.2, 0.25) is 5.91 Å². The number of hydrogen-bond donors (Lipinski definition) is 1. The molecule has 5 nitrogen and oxygen atoms in total. The van der Waals surface area contributed by atoms with Crippen LogP contribution in [-0.2, 0) is 4.79 Å². The van der Waals surface area contributed by atoms with Crippen molar-refractivity contribution in [1.82, 2.24) is 14.5 Å². The monoisotopic (exact) mass is 328 g/mol. The number of amides is 1. The van der Waals surface area contributed by atoms with Gasteiger partial charge in [0.25, 0.3) is 0 Å². The number of carbonyl (C=O) groups is 1. The second-order valence-electron chi connectivity index (χ2n) is 4.67. The summed E-state index contributed by atoms with van der Waals surface area (Å²) in [7, 11) is 0. The average Bonchev–Trinajstić information content (AvgIpc) is 3.09. The molecule has 0 aliphatic heterocycles. The average molecular weight is 328 g/mol. The van der Waals surface area contributed by atoms with Gasteiger partial charge in [0.15, 0.2) is 0 Å². The first kappa shape index (κ1) is 15.2. The molecule has 3 rings (SSSR count). The molecule has 0 radical (unpaired) electrons. The summed E-state index contributed by atoms with van der Waals surface area (Å²) in [5.74, 6) is 0.537. The van der Waals surface area contributed by atoms with E-state index in [9.17, 15) is 9.18 Å². The molecule has 1 N–H and O–H groups in total. The number of benzene rings is 1. The van der Waals surface area contributed by atoms with Gasteiger partial charge in [-0.15, -0.1) is 11.8 Å². The molecule has 1 aromatic carbocycles. The third-order valence-electron chi connectivity index (χ3n) is 2.98. The maximum Gasteiger partial charge on any atom is 0.234 e. The molecule has 0 saturated carbocycles. The number of thioether (sulfide) groups is 1. The van der Waals surface area contributed by atoms with Crippen LogP contribution in [0.3, 0.4) is 0 Å². The lowest BCUT2D eigenvalue weighted by atomic mass is 10.4. The lowest BCUT2D eigenvalue weighted by Crippen LogP contribution is -2.14. The Morgan fingerprint density at radius 2 is 2.04 bits per heavy atom. The van der Waals surface area contributed by atoms with Crippen molar-refractivity contribution in [3.8, 4) is 5.82 Å². The zero-order valence-electron chi connectivity index (χ0n) is 12.0. The van der Waals surface area contributed by atoms with Gasteiger partial charge in [-0.05, 0) is 36.4 Å². The van der Waals surface area contributed by atoms with E-state index in [1.165, 1.54) is 23.9 Å². The fourth-order valence-corrected chi connectivity index (χ4v) is 2.58. The predicted octanol–water partition coefficient (Wildman–Crippen LogP) is 3.14. The lowest BCUT2D eigenvalue weighted by Gasteiger charge is -2.06. The van der Waals surface area contributed by atoms with Crippen LogP contribution in [0.25, 0.3) is 5.82 Å². The molecular formula is C16H13FN4OS. The van der Waals surface area contributed by atoms with E-state index in [0.29, 0.717) is 5.69 Å². The highest BCUT2D eigenvalue weighted by molar-refractivity contribution is 8.00. The number of aromatic nitrogens is 3. The molecule has 0 unspecified atom stereocenters. The van der Waals surface area contributed by atoms with Gasteiger partial charge in [-0.25, -0.2) is 14.4 Å². The third kappa shape index (κ3) is 4.17. The van der Waals surface area contributed by atoms with E-state index in [1.54, 1.807) is 53.8 Å². The van der Waals surface area contributed by atoms with E-state index < -0.39 is 0 Å².